The average molecular weight is 704 g/mol. The lowest BCUT2D eigenvalue weighted by atomic mass is 9.85. The van der Waals surface area contributed by atoms with Crippen molar-refractivity contribution in [3.8, 4) is 0 Å². The first kappa shape index (κ1) is 37.7. The second-order valence-electron chi connectivity index (χ2n) is 15.1. The Morgan fingerprint density at radius 1 is 1.04 bits per heavy atom. The van der Waals surface area contributed by atoms with Gasteiger partial charge in [0.2, 0.25) is 21.8 Å². The van der Waals surface area contributed by atoms with E-state index in [2.05, 4.69) is 27.3 Å². The van der Waals surface area contributed by atoms with Crippen LogP contribution in [0.25, 0.3) is 0 Å². The van der Waals surface area contributed by atoms with Gasteiger partial charge < -0.3 is 30.3 Å². The molecule has 15 heteroatoms. The second-order valence-corrected chi connectivity index (χ2v) is 17.0. The zero-order valence-corrected chi connectivity index (χ0v) is 29.9. The molecule has 0 spiro atoms. The number of ether oxygens (including phenoxy) is 2. The molecule has 0 bridgehead atoms. The molecule has 4 rings (SSSR count). The number of hydrogen-bond acceptors (Lipinski definition) is 9. The van der Waals surface area contributed by atoms with Crippen LogP contribution < -0.4 is 20.7 Å². The van der Waals surface area contributed by atoms with Crippen molar-refractivity contribution in [2.75, 3.05) is 13.1 Å². The van der Waals surface area contributed by atoms with Crippen molar-refractivity contribution >= 4 is 39.9 Å². The molecular formula is C34H49N5O9S. The molecule has 5 atom stereocenters. The van der Waals surface area contributed by atoms with Gasteiger partial charge in [-0.2, -0.15) is 0 Å². The van der Waals surface area contributed by atoms with Gasteiger partial charge in [0, 0.05) is 18.9 Å². The molecule has 1 heterocycles. The first-order valence-corrected chi connectivity index (χ1v) is 18.1. The standard InChI is InChI=1S/C34H49N5O9S/c1-8-22-19-34(22,29(42)38-49(45,46)24-14-15-24)37-27(40)25-18-23(47-30(43)35-17-16-21-12-10-9-11-13-21)20-39(25)28(41)26(32(2,3)4)36-31(44)48-33(5,6)7/h8-13,22-26H,1,14-20H2,2-7H3,(H,35,43)(H,36,44)(H,37,40)(H,38,42)/t22?,23-,25+,26-,34?/m1/s1. The Kier molecular flexibility index (Phi) is 11.1. The summed E-state index contributed by atoms with van der Waals surface area (Å²) < 4.78 is 38.3. The summed E-state index contributed by atoms with van der Waals surface area (Å²) in [4.78, 5) is 68.4. The Morgan fingerprint density at radius 3 is 2.24 bits per heavy atom. The van der Waals surface area contributed by atoms with E-state index in [0.29, 0.717) is 25.8 Å². The summed E-state index contributed by atoms with van der Waals surface area (Å²) in [5, 5.41) is 7.38. The van der Waals surface area contributed by atoms with Crippen LogP contribution in [0.2, 0.25) is 0 Å². The fraction of sp³-hybridized carbons (Fsp3) is 0.618. The molecule has 2 saturated carbocycles. The summed E-state index contributed by atoms with van der Waals surface area (Å²) in [5.41, 5.74) is -2.25. The molecule has 1 aliphatic heterocycles. The molecule has 4 N–H and O–H groups in total. The van der Waals surface area contributed by atoms with Crippen LogP contribution >= 0.6 is 0 Å². The van der Waals surface area contributed by atoms with Gasteiger partial charge in [-0.05, 0) is 57.4 Å². The third kappa shape index (κ3) is 9.73. The number of carbonyl (C=O) groups excluding carboxylic acids is 5. The predicted molar refractivity (Wildman–Crippen MR) is 180 cm³/mol. The normalized spacial score (nSPS) is 24.2. The van der Waals surface area contributed by atoms with E-state index in [-0.39, 0.29) is 19.4 Å². The number of likely N-dealkylation sites (tertiary alicyclic amines) is 1. The number of nitrogens with zero attached hydrogens (tertiary/aromatic N) is 1. The maximum Gasteiger partial charge on any atom is 0.408 e. The maximum absolute atomic E-state index is 14.2. The highest BCUT2D eigenvalue weighted by Gasteiger charge is 2.62. The zero-order valence-electron chi connectivity index (χ0n) is 29.0. The van der Waals surface area contributed by atoms with E-state index in [9.17, 15) is 32.4 Å². The van der Waals surface area contributed by atoms with Gasteiger partial charge in [-0.25, -0.2) is 18.0 Å². The summed E-state index contributed by atoms with van der Waals surface area (Å²) in [5.74, 6) is -2.79. The van der Waals surface area contributed by atoms with Crippen LogP contribution in [0.5, 0.6) is 0 Å². The molecule has 2 unspecified atom stereocenters. The minimum Gasteiger partial charge on any atom is -0.444 e. The molecule has 14 nitrogen and oxygen atoms in total. The quantitative estimate of drug-likeness (QED) is 0.237. The van der Waals surface area contributed by atoms with Crippen LogP contribution in [0.4, 0.5) is 9.59 Å². The first-order valence-electron chi connectivity index (χ1n) is 16.5. The molecule has 0 radical (unpaired) electrons. The topological polar surface area (TPSA) is 189 Å². The monoisotopic (exact) mass is 703 g/mol. The van der Waals surface area contributed by atoms with Crippen molar-refractivity contribution in [1.29, 1.82) is 0 Å². The Bertz CT molecular complexity index is 1550. The van der Waals surface area contributed by atoms with Crippen LogP contribution in [-0.4, -0.2) is 90.9 Å². The number of rotatable bonds is 12. The number of amides is 5. The van der Waals surface area contributed by atoms with Gasteiger partial charge in [0.25, 0.3) is 5.91 Å². The zero-order chi connectivity index (χ0) is 36.4. The van der Waals surface area contributed by atoms with E-state index >= 15 is 0 Å². The lowest BCUT2D eigenvalue weighted by molar-refractivity contribution is -0.143. The highest BCUT2D eigenvalue weighted by molar-refractivity contribution is 7.91. The number of alkyl carbamates (subject to hydrolysis) is 2. The molecule has 3 fully saturated rings. The van der Waals surface area contributed by atoms with E-state index < -0.39 is 85.8 Å². The van der Waals surface area contributed by atoms with Crippen molar-refractivity contribution < 1.29 is 41.9 Å². The fourth-order valence-electron chi connectivity index (χ4n) is 5.78. The lowest BCUT2D eigenvalue weighted by Gasteiger charge is -2.36. The molecule has 1 aromatic carbocycles. The maximum atomic E-state index is 14.2. The number of carbonyl (C=O) groups is 5. The van der Waals surface area contributed by atoms with Gasteiger partial charge in [-0.1, -0.05) is 57.2 Å². The van der Waals surface area contributed by atoms with Crippen molar-refractivity contribution in [1.82, 2.24) is 25.6 Å². The van der Waals surface area contributed by atoms with Crippen molar-refractivity contribution in [2.45, 2.75) is 108 Å². The molecule has 49 heavy (non-hydrogen) atoms. The van der Waals surface area contributed by atoms with Gasteiger partial charge in [0.1, 0.15) is 29.3 Å². The van der Waals surface area contributed by atoms with Gasteiger partial charge in [-0.15, -0.1) is 6.58 Å². The van der Waals surface area contributed by atoms with Gasteiger partial charge in [0.15, 0.2) is 0 Å². The third-order valence-electron chi connectivity index (χ3n) is 8.67. The third-order valence-corrected chi connectivity index (χ3v) is 10.5. The molecule has 1 saturated heterocycles. The summed E-state index contributed by atoms with van der Waals surface area (Å²) in [7, 11) is -3.91. The Hall–Kier alpha value is -4.14. The van der Waals surface area contributed by atoms with Crippen molar-refractivity contribution in [3.63, 3.8) is 0 Å². The molecule has 1 aromatic rings. The summed E-state index contributed by atoms with van der Waals surface area (Å²) in [6, 6.07) is 7.16. The first-order chi connectivity index (χ1) is 22.8. The minimum atomic E-state index is -3.91. The Morgan fingerprint density at radius 2 is 1.69 bits per heavy atom. The highest BCUT2D eigenvalue weighted by atomic mass is 32.2. The molecule has 5 amide bonds. The van der Waals surface area contributed by atoms with E-state index in [4.69, 9.17) is 9.47 Å². The van der Waals surface area contributed by atoms with E-state index in [1.807, 2.05) is 30.3 Å². The molecule has 2 aliphatic carbocycles. The molecule has 3 aliphatic rings. The van der Waals surface area contributed by atoms with Crippen LogP contribution in [0, 0.1) is 11.3 Å². The molecular weight excluding hydrogens is 654 g/mol. The Labute approximate surface area is 288 Å². The largest absolute Gasteiger partial charge is 0.444 e. The van der Waals surface area contributed by atoms with Crippen LogP contribution in [0.3, 0.4) is 0 Å². The van der Waals surface area contributed by atoms with Crippen LogP contribution in [0.1, 0.15) is 72.8 Å². The van der Waals surface area contributed by atoms with Crippen molar-refractivity contribution in [3.05, 3.63) is 48.6 Å². The smallest absolute Gasteiger partial charge is 0.408 e. The average Bonchev–Trinajstić information content (AvgIpc) is 3.91. The highest BCUT2D eigenvalue weighted by Crippen LogP contribution is 2.45. The van der Waals surface area contributed by atoms with Gasteiger partial charge in [-0.3, -0.25) is 19.1 Å². The minimum absolute atomic E-state index is 0.107. The number of nitrogens with one attached hydrogen (secondary N) is 4. The van der Waals surface area contributed by atoms with E-state index in [1.54, 1.807) is 41.5 Å². The van der Waals surface area contributed by atoms with Crippen LogP contribution in [-0.2, 0) is 40.3 Å². The van der Waals surface area contributed by atoms with Gasteiger partial charge >= 0.3 is 12.2 Å². The van der Waals surface area contributed by atoms with E-state index in [1.165, 1.54) is 11.0 Å². The Balaban J connectivity index is 1.53. The second kappa shape index (κ2) is 14.4. The number of benzene rings is 1. The predicted octanol–water partition coefficient (Wildman–Crippen LogP) is 2.53. The number of hydrogen-bond donors (Lipinski definition) is 4. The summed E-state index contributed by atoms with van der Waals surface area (Å²) in [6.07, 6.45) is 0.451. The molecule has 270 valence electrons. The summed E-state index contributed by atoms with van der Waals surface area (Å²) in [6.45, 7) is 14.1. The SMILES string of the molecule is C=CC1CC1(NC(=O)[C@@H]1C[C@@H](OC(=O)NCCc2ccccc2)CN1C(=O)[C@@H](NC(=O)OC(C)(C)C)C(C)(C)C)C(=O)NS(=O)(=O)C1CC1. The number of sulfonamides is 1. The van der Waals surface area contributed by atoms with Crippen LogP contribution in [0.15, 0.2) is 43.0 Å². The lowest BCUT2D eigenvalue weighted by Crippen LogP contribution is -2.60. The fourth-order valence-corrected chi connectivity index (χ4v) is 7.14. The summed E-state index contributed by atoms with van der Waals surface area (Å²) >= 11 is 0. The molecule has 0 aromatic heterocycles. The van der Waals surface area contributed by atoms with Crippen molar-refractivity contribution in [2.24, 2.45) is 11.3 Å². The van der Waals surface area contributed by atoms with Gasteiger partial charge in [0.05, 0.1) is 11.8 Å². The van der Waals surface area contributed by atoms with E-state index in [0.717, 1.165) is 5.56 Å².